The monoisotopic (exact) mass is 351 g/mol. The maximum atomic E-state index is 12.2. The van der Waals surface area contributed by atoms with E-state index >= 15 is 0 Å². The van der Waals surface area contributed by atoms with E-state index < -0.39 is 5.97 Å². The number of carbonyl (C=O) groups is 2. The molecule has 1 amide bonds. The second kappa shape index (κ2) is 7.13. The van der Waals surface area contributed by atoms with Crippen LogP contribution in [0.25, 0.3) is 6.08 Å². The number of halogens is 1. The zero-order valence-electron chi connectivity index (χ0n) is 13.0. The van der Waals surface area contributed by atoms with Crippen LogP contribution in [0.2, 0.25) is 5.02 Å². The predicted molar refractivity (Wildman–Crippen MR) is 88.4 cm³/mol. The zero-order chi connectivity index (χ0) is 17.1. The van der Waals surface area contributed by atoms with E-state index in [1.54, 1.807) is 23.1 Å². The Morgan fingerprint density at radius 1 is 1.21 bits per heavy atom. The summed E-state index contributed by atoms with van der Waals surface area (Å²) in [5, 5.41) is 9.43. The standard InChI is InChI=1S/C17H18ClNO5/c18-13-9-11(10-14-16(13)24-8-7-23-14)1-2-15(20)19-5-3-12(4-6-19)17(21)22/h1-2,9-10,12H,3-8H2,(H,21,22)/b2-1+. The molecule has 1 N–H and O–H groups in total. The highest BCUT2D eigenvalue weighted by molar-refractivity contribution is 6.32. The minimum Gasteiger partial charge on any atom is -0.486 e. The van der Waals surface area contributed by atoms with E-state index in [9.17, 15) is 9.59 Å². The van der Waals surface area contributed by atoms with Gasteiger partial charge in [0, 0.05) is 19.2 Å². The molecule has 2 heterocycles. The van der Waals surface area contributed by atoms with Gasteiger partial charge in [-0.1, -0.05) is 11.6 Å². The summed E-state index contributed by atoms with van der Waals surface area (Å²) >= 11 is 6.17. The van der Waals surface area contributed by atoms with Gasteiger partial charge < -0.3 is 19.5 Å². The van der Waals surface area contributed by atoms with Crippen LogP contribution in [0.1, 0.15) is 18.4 Å². The minimum atomic E-state index is -0.788. The Kier molecular flexibility index (Phi) is 4.94. The van der Waals surface area contributed by atoms with Crippen molar-refractivity contribution in [2.45, 2.75) is 12.8 Å². The Morgan fingerprint density at radius 3 is 2.62 bits per heavy atom. The highest BCUT2D eigenvalue weighted by Gasteiger charge is 2.26. The molecule has 2 aliphatic rings. The SMILES string of the molecule is O=C(O)C1CCN(C(=O)/C=C/c2cc(Cl)c3c(c2)OCCO3)CC1. The Hall–Kier alpha value is -2.21. The molecule has 3 rings (SSSR count). The maximum absolute atomic E-state index is 12.2. The molecule has 1 fully saturated rings. The van der Waals surface area contributed by atoms with Crippen LogP contribution in [0.3, 0.4) is 0 Å². The molecule has 0 aliphatic carbocycles. The summed E-state index contributed by atoms with van der Waals surface area (Å²) < 4.78 is 11.0. The number of carboxylic acids is 1. The molecular formula is C17H18ClNO5. The molecule has 1 saturated heterocycles. The fourth-order valence-corrected chi connectivity index (χ4v) is 3.12. The predicted octanol–water partition coefficient (Wildman–Crippen LogP) is 2.45. The summed E-state index contributed by atoms with van der Waals surface area (Å²) in [6.07, 6.45) is 4.13. The first-order chi connectivity index (χ1) is 11.5. The third-order valence-corrected chi connectivity index (χ3v) is 4.47. The average Bonchev–Trinajstić information content (AvgIpc) is 2.60. The van der Waals surface area contributed by atoms with Gasteiger partial charge in [-0.05, 0) is 36.6 Å². The molecular weight excluding hydrogens is 334 g/mol. The van der Waals surface area contributed by atoms with Crippen LogP contribution >= 0.6 is 11.6 Å². The first kappa shape index (κ1) is 16.6. The van der Waals surface area contributed by atoms with E-state index in [0.717, 1.165) is 5.56 Å². The first-order valence-electron chi connectivity index (χ1n) is 7.83. The van der Waals surface area contributed by atoms with Crippen LogP contribution < -0.4 is 9.47 Å². The van der Waals surface area contributed by atoms with Gasteiger partial charge in [0.15, 0.2) is 11.5 Å². The fraction of sp³-hybridized carbons (Fsp3) is 0.412. The number of amides is 1. The molecule has 0 radical (unpaired) electrons. The van der Waals surface area contributed by atoms with Crippen molar-refractivity contribution in [2.24, 2.45) is 5.92 Å². The smallest absolute Gasteiger partial charge is 0.306 e. The highest BCUT2D eigenvalue weighted by Crippen LogP contribution is 2.38. The maximum Gasteiger partial charge on any atom is 0.306 e. The van der Waals surface area contributed by atoms with Crippen LogP contribution in [-0.2, 0) is 9.59 Å². The summed E-state index contributed by atoms with van der Waals surface area (Å²) in [6.45, 7) is 1.85. The van der Waals surface area contributed by atoms with Crippen molar-refractivity contribution >= 4 is 29.6 Å². The second-order valence-electron chi connectivity index (χ2n) is 5.80. The number of hydrogen-bond donors (Lipinski definition) is 1. The van der Waals surface area contributed by atoms with Crippen molar-refractivity contribution in [2.75, 3.05) is 26.3 Å². The van der Waals surface area contributed by atoms with E-state index in [-0.39, 0.29) is 11.8 Å². The van der Waals surface area contributed by atoms with Crippen molar-refractivity contribution in [3.05, 3.63) is 28.8 Å². The Balaban J connectivity index is 1.64. The van der Waals surface area contributed by atoms with E-state index in [1.165, 1.54) is 6.08 Å². The number of hydrogen-bond acceptors (Lipinski definition) is 4. The number of carboxylic acid groups (broad SMARTS) is 1. The van der Waals surface area contributed by atoms with Gasteiger partial charge in [0.1, 0.15) is 13.2 Å². The van der Waals surface area contributed by atoms with E-state index in [1.807, 2.05) is 0 Å². The van der Waals surface area contributed by atoms with Crippen LogP contribution in [0.5, 0.6) is 11.5 Å². The molecule has 7 heteroatoms. The molecule has 24 heavy (non-hydrogen) atoms. The Bertz CT molecular complexity index is 680. The topological polar surface area (TPSA) is 76.1 Å². The van der Waals surface area contributed by atoms with Gasteiger partial charge in [0.2, 0.25) is 5.91 Å². The molecule has 0 saturated carbocycles. The molecule has 2 aliphatic heterocycles. The van der Waals surface area contributed by atoms with Gasteiger partial charge in [-0.15, -0.1) is 0 Å². The van der Waals surface area contributed by atoms with Crippen molar-refractivity contribution in [1.82, 2.24) is 4.90 Å². The number of likely N-dealkylation sites (tertiary alicyclic amines) is 1. The van der Waals surface area contributed by atoms with Gasteiger partial charge in [0.25, 0.3) is 0 Å². The second-order valence-corrected chi connectivity index (χ2v) is 6.21. The van der Waals surface area contributed by atoms with Crippen LogP contribution in [0.15, 0.2) is 18.2 Å². The third kappa shape index (κ3) is 3.64. The lowest BCUT2D eigenvalue weighted by atomic mass is 9.97. The average molecular weight is 352 g/mol. The van der Waals surface area contributed by atoms with E-state index in [2.05, 4.69) is 0 Å². The molecule has 1 aromatic carbocycles. The van der Waals surface area contributed by atoms with Crippen LogP contribution in [-0.4, -0.2) is 48.2 Å². The number of rotatable bonds is 3. The number of nitrogens with zero attached hydrogens (tertiary/aromatic N) is 1. The number of piperidine rings is 1. The lowest BCUT2D eigenvalue weighted by Gasteiger charge is -2.29. The summed E-state index contributed by atoms with van der Waals surface area (Å²) in [6, 6.07) is 3.50. The number of ether oxygens (including phenoxy) is 2. The summed E-state index contributed by atoms with van der Waals surface area (Å²) in [5.41, 5.74) is 0.748. The van der Waals surface area contributed by atoms with Crippen LogP contribution in [0.4, 0.5) is 0 Å². The summed E-state index contributed by atoms with van der Waals surface area (Å²) in [7, 11) is 0. The number of benzene rings is 1. The molecule has 0 spiro atoms. The van der Waals surface area contributed by atoms with Gasteiger partial charge >= 0.3 is 5.97 Å². The van der Waals surface area contributed by atoms with Gasteiger partial charge in [-0.3, -0.25) is 9.59 Å². The molecule has 0 aromatic heterocycles. The molecule has 6 nitrogen and oxygen atoms in total. The first-order valence-corrected chi connectivity index (χ1v) is 8.21. The van der Waals surface area contributed by atoms with Crippen molar-refractivity contribution in [3.8, 4) is 11.5 Å². The molecule has 0 unspecified atom stereocenters. The normalized spacial score (nSPS) is 18.0. The van der Waals surface area contributed by atoms with E-state index in [0.29, 0.717) is 55.7 Å². The lowest BCUT2D eigenvalue weighted by molar-refractivity contribution is -0.144. The van der Waals surface area contributed by atoms with Crippen molar-refractivity contribution in [1.29, 1.82) is 0 Å². The number of aliphatic carboxylic acids is 1. The molecule has 0 bridgehead atoms. The number of fused-ring (bicyclic) bond motifs is 1. The lowest BCUT2D eigenvalue weighted by Crippen LogP contribution is -2.39. The minimum absolute atomic E-state index is 0.134. The van der Waals surface area contributed by atoms with Gasteiger partial charge in [-0.25, -0.2) is 0 Å². The quantitative estimate of drug-likeness (QED) is 0.846. The number of carbonyl (C=O) groups excluding carboxylic acids is 1. The summed E-state index contributed by atoms with van der Waals surface area (Å²) in [4.78, 5) is 24.8. The molecule has 0 atom stereocenters. The van der Waals surface area contributed by atoms with Gasteiger partial charge in [-0.2, -0.15) is 0 Å². The van der Waals surface area contributed by atoms with Crippen molar-refractivity contribution < 1.29 is 24.2 Å². The Labute approximate surface area is 144 Å². The molecule has 1 aromatic rings. The van der Waals surface area contributed by atoms with E-state index in [4.69, 9.17) is 26.2 Å². The zero-order valence-corrected chi connectivity index (χ0v) is 13.8. The Morgan fingerprint density at radius 2 is 1.92 bits per heavy atom. The fourth-order valence-electron chi connectivity index (χ4n) is 2.85. The van der Waals surface area contributed by atoms with Crippen molar-refractivity contribution in [3.63, 3.8) is 0 Å². The van der Waals surface area contributed by atoms with Crippen LogP contribution in [0, 0.1) is 5.92 Å². The highest BCUT2D eigenvalue weighted by atomic mass is 35.5. The summed E-state index contributed by atoms with van der Waals surface area (Å²) in [5.74, 6) is -0.173. The largest absolute Gasteiger partial charge is 0.486 e. The van der Waals surface area contributed by atoms with Gasteiger partial charge in [0.05, 0.1) is 10.9 Å². The third-order valence-electron chi connectivity index (χ3n) is 4.19. The molecule has 128 valence electrons.